The predicted molar refractivity (Wildman–Crippen MR) is 215 cm³/mol. The van der Waals surface area contributed by atoms with Crippen LogP contribution in [0.25, 0.3) is 87.2 Å². The van der Waals surface area contributed by atoms with Gasteiger partial charge in [-0.15, -0.1) is 0 Å². The van der Waals surface area contributed by atoms with Crippen molar-refractivity contribution in [3.8, 4) is 33.4 Å². The van der Waals surface area contributed by atoms with Crippen molar-refractivity contribution in [1.82, 2.24) is 0 Å². The fraction of sp³-hybridized carbons (Fsp3) is 0.120. The second kappa shape index (κ2) is 9.49. The standard InChI is InChI=1S/C50H36/c1-49(2)43-23-20-30(29-19-22-36-37-15-9-17-45-47(37)48-38(40(36)25-29)16-10-18-46(48)50(45,3)4)26-41(43)42-28-32(21-24-44(42)49)39-27-31-11-5-6-12-33(31)34-13-7-8-14-35(34)39/h5-28H,1-4H3. The molecular formula is C50H36. The van der Waals surface area contributed by atoms with Gasteiger partial charge in [0.25, 0.3) is 0 Å². The molecule has 9 aromatic carbocycles. The van der Waals surface area contributed by atoms with E-state index >= 15 is 0 Å². The Balaban J connectivity index is 1.11. The molecule has 11 rings (SSSR count). The highest BCUT2D eigenvalue weighted by atomic mass is 14.4. The van der Waals surface area contributed by atoms with E-state index in [1.807, 2.05) is 0 Å². The Bertz CT molecular complexity index is 2970. The molecule has 0 amide bonds. The summed E-state index contributed by atoms with van der Waals surface area (Å²) in [5.74, 6) is 0. The van der Waals surface area contributed by atoms with Gasteiger partial charge in [0.2, 0.25) is 0 Å². The molecule has 0 N–H and O–H groups in total. The molecule has 0 radical (unpaired) electrons. The van der Waals surface area contributed by atoms with Crippen LogP contribution in [0.3, 0.4) is 0 Å². The Morgan fingerprint density at radius 3 is 1.52 bits per heavy atom. The lowest BCUT2D eigenvalue weighted by Gasteiger charge is -2.22. The van der Waals surface area contributed by atoms with Gasteiger partial charge in [-0.3, -0.25) is 0 Å². The third kappa shape index (κ3) is 3.51. The van der Waals surface area contributed by atoms with Gasteiger partial charge in [-0.25, -0.2) is 0 Å². The monoisotopic (exact) mass is 636 g/mol. The molecule has 0 atom stereocenters. The Morgan fingerprint density at radius 2 is 0.800 bits per heavy atom. The zero-order chi connectivity index (χ0) is 33.5. The molecule has 0 fully saturated rings. The van der Waals surface area contributed by atoms with Crippen LogP contribution in [-0.4, -0.2) is 0 Å². The van der Waals surface area contributed by atoms with Gasteiger partial charge in [0.1, 0.15) is 0 Å². The lowest BCUT2D eigenvalue weighted by molar-refractivity contribution is 0.660. The molecule has 0 saturated carbocycles. The van der Waals surface area contributed by atoms with Crippen LogP contribution in [0, 0.1) is 0 Å². The summed E-state index contributed by atoms with van der Waals surface area (Å²) in [6.07, 6.45) is 0. The van der Waals surface area contributed by atoms with Crippen molar-refractivity contribution < 1.29 is 0 Å². The topological polar surface area (TPSA) is 0 Å². The van der Waals surface area contributed by atoms with Gasteiger partial charge in [0.15, 0.2) is 0 Å². The van der Waals surface area contributed by atoms with Crippen LogP contribution >= 0.6 is 0 Å². The van der Waals surface area contributed by atoms with E-state index in [1.165, 1.54) is 109 Å². The Morgan fingerprint density at radius 1 is 0.300 bits per heavy atom. The summed E-state index contributed by atoms with van der Waals surface area (Å²) >= 11 is 0. The molecule has 2 aliphatic carbocycles. The number of benzene rings is 9. The second-order valence-electron chi connectivity index (χ2n) is 15.7. The third-order valence-corrected chi connectivity index (χ3v) is 12.4. The van der Waals surface area contributed by atoms with Crippen LogP contribution < -0.4 is 0 Å². The maximum absolute atomic E-state index is 2.46. The van der Waals surface area contributed by atoms with Crippen molar-refractivity contribution in [3.05, 3.63) is 168 Å². The Labute approximate surface area is 292 Å². The number of fused-ring (bicyclic) bond motifs is 9. The van der Waals surface area contributed by atoms with Crippen molar-refractivity contribution in [2.45, 2.75) is 38.5 Å². The highest BCUT2D eigenvalue weighted by Crippen LogP contribution is 2.53. The highest BCUT2D eigenvalue weighted by Gasteiger charge is 2.36. The summed E-state index contributed by atoms with van der Waals surface area (Å²) in [5, 5.41) is 13.5. The van der Waals surface area contributed by atoms with E-state index in [0.717, 1.165) is 0 Å². The SMILES string of the molecule is CC1(C)c2ccc(-c3ccc4c(c3)c3cccc5c3c3c(cccc43)C5(C)C)cc2-c2cc(-c3cc4ccccc4c4ccccc34)ccc21. The fourth-order valence-corrected chi connectivity index (χ4v) is 9.87. The second-order valence-corrected chi connectivity index (χ2v) is 15.7. The van der Waals surface area contributed by atoms with Gasteiger partial charge < -0.3 is 0 Å². The van der Waals surface area contributed by atoms with Gasteiger partial charge in [-0.2, -0.15) is 0 Å². The van der Waals surface area contributed by atoms with Gasteiger partial charge >= 0.3 is 0 Å². The van der Waals surface area contributed by atoms with Gasteiger partial charge in [-0.05, 0) is 134 Å². The minimum atomic E-state index is -0.0676. The first kappa shape index (κ1) is 28.2. The Kier molecular flexibility index (Phi) is 5.34. The van der Waals surface area contributed by atoms with Crippen LogP contribution in [0.15, 0.2) is 146 Å². The Hall–Kier alpha value is -5.72. The predicted octanol–water partition coefficient (Wildman–Crippen LogP) is 13.7. The number of hydrogen-bond acceptors (Lipinski definition) is 0. The van der Waals surface area contributed by atoms with Crippen LogP contribution in [0.4, 0.5) is 0 Å². The normalized spacial score (nSPS) is 15.1. The molecule has 0 aliphatic heterocycles. The van der Waals surface area contributed by atoms with Crippen molar-refractivity contribution in [3.63, 3.8) is 0 Å². The molecular weight excluding hydrogens is 601 g/mol. The maximum atomic E-state index is 2.46. The summed E-state index contributed by atoms with van der Waals surface area (Å²) in [6.45, 7) is 9.52. The van der Waals surface area contributed by atoms with Crippen LogP contribution in [0.1, 0.15) is 49.9 Å². The van der Waals surface area contributed by atoms with Crippen LogP contribution in [-0.2, 0) is 10.8 Å². The molecule has 0 heterocycles. The summed E-state index contributed by atoms with van der Waals surface area (Å²) < 4.78 is 0. The molecule has 0 heteroatoms. The highest BCUT2D eigenvalue weighted by molar-refractivity contribution is 6.29. The van der Waals surface area contributed by atoms with Gasteiger partial charge in [-0.1, -0.05) is 149 Å². The van der Waals surface area contributed by atoms with Crippen molar-refractivity contribution in [2.75, 3.05) is 0 Å². The van der Waals surface area contributed by atoms with E-state index < -0.39 is 0 Å². The minimum Gasteiger partial charge on any atom is -0.0616 e. The van der Waals surface area contributed by atoms with Crippen molar-refractivity contribution in [2.24, 2.45) is 0 Å². The maximum Gasteiger partial charge on any atom is 0.0159 e. The van der Waals surface area contributed by atoms with Crippen molar-refractivity contribution >= 4 is 53.9 Å². The van der Waals surface area contributed by atoms with E-state index in [0.29, 0.717) is 0 Å². The summed E-state index contributed by atoms with van der Waals surface area (Å²) in [5.41, 5.74) is 13.4. The number of hydrogen-bond donors (Lipinski definition) is 0. The zero-order valence-electron chi connectivity index (χ0n) is 28.9. The summed E-state index contributed by atoms with van der Waals surface area (Å²) in [4.78, 5) is 0. The first-order chi connectivity index (χ1) is 24.3. The van der Waals surface area contributed by atoms with Gasteiger partial charge in [0, 0.05) is 10.8 Å². The van der Waals surface area contributed by atoms with E-state index in [9.17, 15) is 0 Å². The van der Waals surface area contributed by atoms with Gasteiger partial charge in [0.05, 0.1) is 0 Å². The zero-order valence-corrected chi connectivity index (χ0v) is 28.9. The summed E-state index contributed by atoms with van der Waals surface area (Å²) in [6, 6.07) is 55.4. The lowest BCUT2D eigenvalue weighted by atomic mass is 9.81. The summed E-state index contributed by atoms with van der Waals surface area (Å²) in [7, 11) is 0. The molecule has 2 aliphatic rings. The molecule has 0 bridgehead atoms. The third-order valence-electron chi connectivity index (χ3n) is 12.4. The first-order valence-corrected chi connectivity index (χ1v) is 17.9. The average Bonchev–Trinajstić information content (AvgIpc) is 3.53. The van der Waals surface area contributed by atoms with Crippen molar-refractivity contribution in [1.29, 1.82) is 0 Å². The van der Waals surface area contributed by atoms with E-state index in [2.05, 4.69) is 173 Å². The smallest absolute Gasteiger partial charge is 0.0159 e. The van der Waals surface area contributed by atoms with E-state index in [4.69, 9.17) is 0 Å². The van der Waals surface area contributed by atoms with Crippen LogP contribution in [0.5, 0.6) is 0 Å². The van der Waals surface area contributed by atoms with E-state index in [-0.39, 0.29) is 10.8 Å². The first-order valence-electron chi connectivity index (χ1n) is 17.9. The van der Waals surface area contributed by atoms with E-state index in [1.54, 1.807) is 0 Å². The molecule has 236 valence electrons. The number of rotatable bonds is 2. The lowest BCUT2D eigenvalue weighted by Crippen LogP contribution is -2.14. The molecule has 50 heavy (non-hydrogen) atoms. The quantitative estimate of drug-likeness (QED) is 0.166. The minimum absolute atomic E-state index is 0.000271. The molecule has 0 nitrogen and oxygen atoms in total. The molecule has 0 spiro atoms. The average molecular weight is 637 g/mol. The molecule has 9 aromatic rings. The van der Waals surface area contributed by atoms with Crippen LogP contribution in [0.2, 0.25) is 0 Å². The largest absolute Gasteiger partial charge is 0.0616 e. The fourth-order valence-electron chi connectivity index (χ4n) is 9.87. The molecule has 0 saturated heterocycles. The molecule has 0 unspecified atom stereocenters. The molecule has 0 aromatic heterocycles.